The van der Waals surface area contributed by atoms with Crippen LogP contribution in [-0.2, 0) is 11.3 Å². The number of rotatable bonds is 10. The molecule has 1 aromatic carbocycles. The second-order valence-corrected chi connectivity index (χ2v) is 7.33. The summed E-state index contributed by atoms with van der Waals surface area (Å²) in [6, 6.07) is 9.20. The van der Waals surface area contributed by atoms with Gasteiger partial charge in [0.05, 0.1) is 6.61 Å². The number of unbranched alkanes of at least 4 members (excludes halogenated alkanes) is 3. The lowest BCUT2D eigenvalue weighted by molar-refractivity contribution is 0.117. The Hall–Kier alpha value is -1.08. The summed E-state index contributed by atoms with van der Waals surface area (Å²) in [4.78, 5) is 0. The highest BCUT2D eigenvalue weighted by Gasteiger charge is 2.20. The first-order valence-electron chi connectivity index (χ1n) is 10.2. The van der Waals surface area contributed by atoms with E-state index in [1.807, 2.05) is 0 Å². The molecule has 0 bridgehead atoms. The molecule has 0 aromatic heterocycles. The summed E-state index contributed by atoms with van der Waals surface area (Å²) in [6.07, 6.45) is 16.5. The summed E-state index contributed by atoms with van der Waals surface area (Å²) in [5.74, 6) is 1.59. The van der Waals surface area contributed by atoms with Crippen LogP contribution >= 0.6 is 0 Å². The molecule has 0 radical (unpaired) electrons. The smallest absolute Gasteiger partial charge is 0.0716 e. The minimum atomic E-state index is 0.763. The molecule has 2 rings (SSSR count). The van der Waals surface area contributed by atoms with Crippen molar-refractivity contribution in [2.24, 2.45) is 5.92 Å². The van der Waals surface area contributed by atoms with E-state index in [1.165, 1.54) is 68.9 Å². The Labute approximate surface area is 149 Å². The van der Waals surface area contributed by atoms with Gasteiger partial charge < -0.3 is 4.74 Å². The lowest BCUT2D eigenvalue weighted by Gasteiger charge is -2.27. The van der Waals surface area contributed by atoms with E-state index in [0.717, 1.165) is 25.0 Å². The number of hydrogen-bond donors (Lipinski definition) is 0. The largest absolute Gasteiger partial charge is 0.377 e. The van der Waals surface area contributed by atoms with E-state index in [4.69, 9.17) is 4.74 Å². The molecule has 0 heterocycles. The van der Waals surface area contributed by atoms with Crippen molar-refractivity contribution < 1.29 is 4.74 Å². The summed E-state index contributed by atoms with van der Waals surface area (Å²) in [6.45, 7) is 6.14. The maximum Gasteiger partial charge on any atom is 0.0716 e. The molecule has 0 N–H and O–H groups in total. The molecule has 0 spiro atoms. The van der Waals surface area contributed by atoms with Gasteiger partial charge in [-0.15, -0.1) is 0 Å². The van der Waals surface area contributed by atoms with Gasteiger partial charge in [-0.05, 0) is 61.5 Å². The predicted molar refractivity (Wildman–Crippen MR) is 104 cm³/mol. The summed E-state index contributed by atoms with van der Waals surface area (Å²) in [5.41, 5.74) is 2.84. The number of benzene rings is 1. The van der Waals surface area contributed by atoms with Crippen LogP contribution in [0.1, 0.15) is 88.7 Å². The third-order valence-corrected chi connectivity index (χ3v) is 5.25. The van der Waals surface area contributed by atoms with Crippen molar-refractivity contribution in [1.82, 2.24) is 0 Å². The van der Waals surface area contributed by atoms with E-state index in [0.29, 0.717) is 0 Å². The van der Waals surface area contributed by atoms with Gasteiger partial charge in [0.2, 0.25) is 0 Å². The van der Waals surface area contributed by atoms with Crippen molar-refractivity contribution in [2.75, 3.05) is 6.61 Å². The second kappa shape index (κ2) is 11.5. The number of allylic oxidation sites excluding steroid dienone is 2. The Kier molecular flexibility index (Phi) is 9.20. The average Bonchev–Trinajstić information content (AvgIpc) is 2.63. The normalized spacial score (nSPS) is 21.4. The van der Waals surface area contributed by atoms with Crippen LogP contribution in [0, 0.1) is 5.92 Å². The van der Waals surface area contributed by atoms with Crippen LogP contribution in [0.2, 0.25) is 0 Å². The van der Waals surface area contributed by atoms with Crippen LogP contribution in [-0.4, -0.2) is 6.61 Å². The van der Waals surface area contributed by atoms with E-state index < -0.39 is 0 Å². The lowest BCUT2D eigenvalue weighted by Crippen LogP contribution is -2.11. The summed E-state index contributed by atoms with van der Waals surface area (Å²) >= 11 is 0. The first kappa shape index (κ1) is 19.2. The first-order valence-corrected chi connectivity index (χ1v) is 10.2. The zero-order valence-electron chi connectivity index (χ0n) is 15.8. The minimum absolute atomic E-state index is 0.763. The van der Waals surface area contributed by atoms with Crippen LogP contribution < -0.4 is 0 Å². The van der Waals surface area contributed by atoms with Gasteiger partial charge in [-0.3, -0.25) is 0 Å². The third kappa shape index (κ3) is 6.81. The molecule has 0 aliphatic heterocycles. The first-order chi connectivity index (χ1) is 11.8. The SMILES string of the molecule is CCC/C=C/[C@H]1CC[C@H](c2ccc(COCCCCC)cc2)CC1. The highest BCUT2D eigenvalue weighted by Crippen LogP contribution is 2.36. The second-order valence-electron chi connectivity index (χ2n) is 7.33. The molecule has 134 valence electrons. The van der Waals surface area contributed by atoms with Crippen molar-refractivity contribution in [1.29, 1.82) is 0 Å². The molecule has 1 saturated carbocycles. The van der Waals surface area contributed by atoms with Crippen molar-refractivity contribution in [3.8, 4) is 0 Å². The van der Waals surface area contributed by atoms with Gasteiger partial charge in [0.1, 0.15) is 0 Å². The van der Waals surface area contributed by atoms with Crippen LogP contribution in [0.25, 0.3) is 0 Å². The molecule has 1 aliphatic rings. The molecule has 1 aliphatic carbocycles. The highest BCUT2D eigenvalue weighted by atomic mass is 16.5. The molecule has 0 amide bonds. The zero-order chi connectivity index (χ0) is 17.0. The monoisotopic (exact) mass is 328 g/mol. The predicted octanol–water partition coefficient (Wildman–Crippen LogP) is 7.02. The summed E-state index contributed by atoms with van der Waals surface area (Å²) in [7, 11) is 0. The van der Waals surface area contributed by atoms with Crippen molar-refractivity contribution in [2.45, 2.75) is 84.2 Å². The molecule has 1 aromatic rings. The van der Waals surface area contributed by atoms with Gasteiger partial charge in [0.15, 0.2) is 0 Å². The Bertz CT molecular complexity index is 451. The fourth-order valence-corrected chi connectivity index (χ4v) is 3.63. The molecule has 1 nitrogen and oxygen atoms in total. The van der Waals surface area contributed by atoms with Gasteiger partial charge in [-0.25, -0.2) is 0 Å². The van der Waals surface area contributed by atoms with Crippen molar-refractivity contribution in [3.63, 3.8) is 0 Å². The Morgan fingerprint density at radius 3 is 2.38 bits per heavy atom. The van der Waals surface area contributed by atoms with E-state index in [2.05, 4.69) is 50.3 Å². The standard InChI is InChI=1S/C23H36O/c1-3-5-7-9-20-10-14-22(15-11-20)23-16-12-21(13-17-23)19-24-18-8-6-4-2/h7,9,12-13,16-17,20,22H,3-6,8,10-11,14-15,18-19H2,1-2H3/b9-7+/t20-,22-. The molecule has 0 atom stereocenters. The van der Waals surface area contributed by atoms with Gasteiger partial charge in [-0.1, -0.05) is 69.5 Å². The van der Waals surface area contributed by atoms with E-state index in [9.17, 15) is 0 Å². The number of ether oxygens (including phenoxy) is 1. The summed E-state index contributed by atoms with van der Waals surface area (Å²) in [5, 5.41) is 0. The molecule has 0 unspecified atom stereocenters. The summed E-state index contributed by atoms with van der Waals surface area (Å²) < 4.78 is 5.76. The minimum Gasteiger partial charge on any atom is -0.377 e. The van der Waals surface area contributed by atoms with E-state index in [-0.39, 0.29) is 0 Å². The Balaban J connectivity index is 1.72. The van der Waals surface area contributed by atoms with Crippen LogP contribution in [0.4, 0.5) is 0 Å². The fourth-order valence-electron chi connectivity index (χ4n) is 3.63. The fraction of sp³-hybridized carbons (Fsp3) is 0.652. The molecular formula is C23H36O. The van der Waals surface area contributed by atoms with Crippen molar-refractivity contribution >= 4 is 0 Å². The number of hydrogen-bond acceptors (Lipinski definition) is 1. The quantitative estimate of drug-likeness (QED) is 0.331. The Morgan fingerprint density at radius 2 is 1.71 bits per heavy atom. The molecule has 0 saturated heterocycles. The van der Waals surface area contributed by atoms with E-state index >= 15 is 0 Å². The molecule has 1 fully saturated rings. The zero-order valence-corrected chi connectivity index (χ0v) is 15.8. The van der Waals surface area contributed by atoms with Gasteiger partial charge in [-0.2, -0.15) is 0 Å². The van der Waals surface area contributed by atoms with Crippen LogP contribution in [0.3, 0.4) is 0 Å². The highest BCUT2D eigenvalue weighted by molar-refractivity contribution is 5.25. The topological polar surface area (TPSA) is 9.23 Å². The maximum absolute atomic E-state index is 5.76. The van der Waals surface area contributed by atoms with Crippen LogP contribution in [0.5, 0.6) is 0 Å². The Morgan fingerprint density at radius 1 is 0.958 bits per heavy atom. The molecule has 1 heteroatoms. The third-order valence-electron chi connectivity index (χ3n) is 5.25. The average molecular weight is 329 g/mol. The molecule has 24 heavy (non-hydrogen) atoms. The van der Waals surface area contributed by atoms with Gasteiger partial charge in [0.25, 0.3) is 0 Å². The van der Waals surface area contributed by atoms with Crippen LogP contribution in [0.15, 0.2) is 36.4 Å². The lowest BCUT2D eigenvalue weighted by atomic mass is 9.78. The van der Waals surface area contributed by atoms with E-state index in [1.54, 1.807) is 0 Å². The van der Waals surface area contributed by atoms with Gasteiger partial charge in [0, 0.05) is 6.61 Å². The molecular weight excluding hydrogens is 292 g/mol. The van der Waals surface area contributed by atoms with Crippen molar-refractivity contribution in [3.05, 3.63) is 47.5 Å². The van der Waals surface area contributed by atoms with Gasteiger partial charge >= 0.3 is 0 Å². The maximum atomic E-state index is 5.76.